The van der Waals surface area contributed by atoms with Gasteiger partial charge in [0, 0.05) is 5.69 Å². The molecule has 1 heterocycles. The second-order valence-electron chi connectivity index (χ2n) is 3.72. The van der Waals surface area contributed by atoms with Crippen LogP contribution in [-0.4, -0.2) is 28.6 Å². The Kier molecular flexibility index (Phi) is 4.70. The number of nitrogens with one attached hydrogen (secondary N) is 1. The summed E-state index contributed by atoms with van der Waals surface area (Å²) in [6.45, 7) is -0.428. The maximum absolute atomic E-state index is 12.2. The number of aromatic nitrogens is 1. The highest BCUT2D eigenvalue weighted by molar-refractivity contribution is 9.11. The first-order valence-electron chi connectivity index (χ1n) is 5.53. The standard InChI is InChI=1S/C12H10BrN3O3S/c13-9-6-14-11(20-9)15-12(19)16(7-10(17)18)8-4-2-1-3-5-8/h1-6H,7H2,(H,17,18)(H,14,15,19). The van der Waals surface area contributed by atoms with E-state index in [1.54, 1.807) is 36.5 Å². The van der Waals surface area contributed by atoms with Gasteiger partial charge in [-0.05, 0) is 28.1 Å². The van der Waals surface area contributed by atoms with Crippen molar-refractivity contribution in [2.75, 3.05) is 16.8 Å². The van der Waals surface area contributed by atoms with Gasteiger partial charge in [-0.15, -0.1) is 0 Å². The number of hydrogen-bond acceptors (Lipinski definition) is 4. The van der Waals surface area contributed by atoms with E-state index in [0.29, 0.717) is 10.8 Å². The van der Waals surface area contributed by atoms with E-state index < -0.39 is 18.5 Å². The minimum Gasteiger partial charge on any atom is -0.480 e. The van der Waals surface area contributed by atoms with E-state index in [1.165, 1.54) is 11.3 Å². The van der Waals surface area contributed by atoms with Crippen LogP contribution in [0.5, 0.6) is 0 Å². The topological polar surface area (TPSA) is 82.5 Å². The fourth-order valence-electron chi connectivity index (χ4n) is 1.49. The molecule has 0 bridgehead atoms. The lowest BCUT2D eigenvalue weighted by molar-refractivity contribution is -0.135. The number of anilines is 2. The molecule has 0 aliphatic carbocycles. The Balaban J connectivity index is 2.18. The van der Waals surface area contributed by atoms with Crippen LogP contribution >= 0.6 is 27.3 Å². The van der Waals surface area contributed by atoms with Gasteiger partial charge in [-0.25, -0.2) is 9.78 Å². The number of nitrogens with zero attached hydrogens (tertiary/aromatic N) is 2. The van der Waals surface area contributed by atoms with Gasteiger partial charge >= 0.3 is 12.0 Å². The molecule has 0 saturated heterocycles. The molecular formula is C12H10BrN3O3S. The van der Waals surface area contributed by atoms with Crippen LogP contribution in [0.1, 0.15) is 0 Å². The smallest absolute Gasteiger partial charge is 0.328 e. The summed E-state index contributed by atoms with van der Waals surface area (Å²) in [7, 11) is 0. The molecule has 0 radical (unpaired) electrons. The fourth-order valence-corrected chi connectivity index (χ4v) is 2.59. The number of amides is 2. The Morgan fingerprint density at radius 2 is 2.05 bits per heavy atom. The number of benzene rings is 1. The third kappa shape index (κ3) is 3.78. The number of halogens is 1. The molecule has 8 heteroatoms. The molecule has 2 amide bonds. The molecule has 0 fully saturated rings. The van der Waals surface area contributed by atoms with Crippen LogP contribution in [0.15, 0.2) is 40.3 Å². The molecule has 1 aromatic heterocycles. The molecule has 1 aromatic carbocycles. The monoisotopic (exact) mass is 355 g/mol. The van der Waals surface area contributed by atoms with Crippen LogP contribution in [0.4, 0.5) is 15.6 Å². The highest BCUT2D eigenvalue weighted by Crippen LogP contribution is 2.24. The molecule has 0 atom stereocenters. The molecular weight excluding hydrogens is 346 g/mol. The minimum absolute atomic E-state index is 0.396. The first-order chi connectivity index (χ1) is 9.56. The van der Waals surface area contributed by atoms with E-state index in [1.807, 2.05) is 0 Å². The number of carbonyl (C=O) groups is 2. The van der Waals surface area contributed by atoms with E-state index >= 15 is 0 Å². The molecule has 0 aliphatic rings. The second-order valence-corrected chi connectivity index (χ2v) is 6.12. The molecule has 104 valence electrons. The van der Waals surface area contributed by atoms with Crippen molar-refractivity contribution in [2.45, 2.75) is 0 Å². The number of aliphatic carboxylic acids is 1. The largest absolute Gasteiger partial charge is 0.480 e. The van der Waals surface area contributed by atoms with Crippen molar-refractivity contribution in [1.82, 2.24) is 4.98 Å². The summed E-state index contributed by atoms with van der Waals surface area (Å²) in [4.78, 5) is 28.2. The molecule has 20 heavy (non-hydrogen) atoms. The molecule has 2 rings (SSSR count). The summed E-state index contributed by atoms with van der Waals surface area (Å²) in [5.41, 5.74) is 0.503. The lowest BCUT2D eigenvalue weighted by Crippen LogP contribution is -2.38. The molecule has 0 spiro atoms. The third-order valence-corrected chi connectivity index (χ3v) is 3.69. The van der Waals surface area contributed by atoms with Crippen LogP contribution in [0, 0.1) is 0 Å². The first kappa shape index (κ1) is 14.5. The first-order valence-corrected chi connectivity index (χ1v) is 7.14. The number of carboxylic acids is 1. The van der Waals surface area contributed by atoms with E-state index in [2.05, 4.69) is 26.2 Å². The Bertz CT molecular complexity index is 617. The third-order valence-electron chi connectivity index (χ3n) is 2.30. The van der Waals surface area contributed by atoms with Crippen molar-refractivity contribution in [3.05, 3.63) is 40.3 Å². The second kappa shape index (κ2) is 6.49. The van der Waals surface area contributed by atoms with Crippen LogP contribution < -0.4 is 10.2 Å². The lowest BCUT2D eigenvalue weighted by Gasteiger charge is -2.20. The van der Waals surface area contributed by atoms with Gasteiger partial charge < -0.3 is 5.11 Å². The number of carbonyl (C=O) groups excluding carboxylic acids is 1. The summed E-state index contributed by atoms with van der Waals surface area (Å²) in [6.07, 6.45) is 1.56. The van der Waals surface area contributed by atoms with E-state index in [-0.39, 0.29) is 0 Å². The summed E-state index contributed by atoms with van der Waals surface area (Å²) in [6, 6.07) is 8.05. The molecule has 0 unspecified atom stereocenters. The Morgan fingerprint density at radius 3 is 2.60 bits per heavy atom. The van der Waals surface area contributed by atoms with Crippen LogP contribution in [-0.2, 0) is 4.79 Å². The van der Waals surface area contributed by atoms with Gasteiger partial charge in [0.05, 0.1) is 9.98 Å². The number of hydrogen-bond donors (Lipinski definition) is 2. The van der Waals surface area contributed by atoms with Crippen LogP contribution in [0.3, 0.4) is 0 Å². The van der Waals surface area contributed by atoms with Crippen LogP contribution in [0.2, 0.25) is 0 Å². The summed E-state index contributed by atoms with van der Waals surface area (Å²) < 4.78 is 0.775. The molecule has 2 N–H and O–H groups in total. The number of para-hydroxylation sites is 1. The Morgan fingerprint density at radius 1 is 1.35 bits per heavy atom. The van der Waals surface area contributed by atoms with Crippen molar-refractivity contribution in [1.29, 1.82) is 0 Å². The van der Waals surface area contributed by atoms with Gasteiger partial charge in [0.25, 0.3) is 0 Å². The Labute approximate surface area is 127 Å². The fraction of sp³-hybridized carbons (Fsp3) is 0.0833. The van der Waals surface area contributed by atoms with Crippen LogP contribution in [0.25, 0.3) is 0 Å². The number of rotatable bonds is 4. The molecule has 0 aliphatic heterocycles. The number of urea groups is 1. The normalized spacial score (nSPS) is 10.1. The van der Waals surface area contributed by atoms with Gasteiger partial charge in [0.2, 0.25) is 0 Å². The molecule has 6 nitrogen and oxygen atoms in total. The average molecular weight is 356 g/mol. The summed E-state index contributed by atoms with van der Waals surface area (Å²) in [5.74, 6) is -1.09. The maximum atomic E-state index is 12.2. The highest BCUT2D eigenvalue weighted by Gasteiger charge is 2.19. The van der Waals surface area contributed by atoms with Crippen molar-refractivity contribution in [2.24, 2.45) is 0 Å². The lowest BCUT2D eigenvalue weighted by atomic mass is 10.3. The molecule has 0 saturated carbocycles. The van der Waals surface area contributed by atoms with E-state index in [9.17, 15) is 9.59 Å². The van der Waals surface area contributed by atoms with E-state index in [4.69, 9.17) is 5.11 Å². The van der Waals surface area contributed by atoms with Gasteiger partial charge in [-0.2, -0.15) is 0 Å². The average Bonchev–Trinajstić information content (AvgIpc) is 2.82. The van der Waals surface area contributed by atoms with E-state index in [0.717, 1.165) is 8.69 Å². The predicted octanol–water partition coefficient (Wildman–Crippen LogP) is 3.03. The summed E-state index contributed by atoms with van der Waals surface area (Å²) in [5, 5.41) is 11.9. The maximum Gasteiger partial charge on any atom is 0.328 e. The number of carboxylic acid groups (broad SMARTS) is 1. The Hall–Kier alpha value is -1.93. The zero-order chi connectivity index (χ0) is 14.5. The van der Waals surface area contributed by atoms with Gasteiger partial charge in [0.15, 0.2) is 5.13 Å². The zero-order valence-electron chi connectivity index (χ0n) is 10.1. The van der Waals surface area contributed by atoms with Crippen molar-refractivity contribution < 1.29 is 14.7 Å². The minimum atomic E-state index is -1.09. The SMILES string of the molecule is O=C(O)CN(C(=O)Nc1ncc(Br)s1)c1ccccc1. The van der Waals surface area contributed by atoms with Gasteiger partial charge in [0.1, 0.15) is 6.54 Å². The molecule has 2 aromatic rings. The quantitative estimate of drug-likeness (QED) is 0.882. The van der Waals surface area contributed by atoms with Gasteiger partial charge in [-0.1, -0.05) is 29.5 Å². The number of thiazole rings is 1. The predicted molar refractivity (Wildman–Crippen MR) is 80.3 cm³/mol. The summed E-state index contributed by atoms with van der Waals surface area (Å²) >= 11 is 4.49. The zero-order valence-corrected chi connectivity index (χ0v) is 12.5. The highest BCUT2D eigenvalue weighted by atomic mass is 79.9. The van der Waals surface area contributed by atoms with Crippen molar-refractivity contribution in [3.63, 3.8) is 0 Å². The van der Waals surface area contributed by atoms with Crippen molar-refractivity contribution >= 4 is 50.1 Å². The van der Waals surface area contributed by atoms with Crippen molar-refractivity contribution in [3.8, 4) is 0 Å². The van der Waals surface area contributed by atoms with Gasteiger partial charge in [-0.3, -0.25) is 15.0 Å².